The zero-order chi connectivity index (χ0) is 14.7. The first kappa shape index (κ1) is 15.0. The van der Waals surface area contributed by atoms with Gasteiger partial charge >= 0.3 is 0 Å². The molecule has 1 aliphatic rings. The first-order chi connectivity index (χ1) is 9.50. The molecule has 0 spiro atoms. The molecular formula is C16H25N3O. The van der Waals surface area contributed by atoms with Gasteiger partial charge in [-0.2, -0.15) is 0 Å². The van der Waals surface area contributed by atoms with E-state index in [1.807, 2.05) is 0 Å². The molecular weight excluding hydrogens is 250 g/mol. The molecule has 1 aliphatic heterocycles. The molecule has 1 aromatic rings. The van der Waals surface area contributed by atoms with E-state index in [0.717, 1.165) is 13.1 Å². The quantitative estimate of drug-likeness (QED) is 0.878. The van der Waals surface area contributed by atoms with Gasteiger partial charge in [-0.3, -0.25) is 9.69 Å². The van der Waals surface area contributed by atoms with Crippen LogP contribution in [-0.2, 0) is 4.79 Å². The summed E-state index contributed by atoms with van der Waals surface area (Å²) in [6.07, 6.45) is 0. The van der Waals surface area contributed by atoms with Crippen LogP contribution in [0.25, 0.3) is 0 Å². The van der Waals surface area contributed by atoms with Crippen molar-refractivity contribution in [3.63, 3.8) is 0 Å². The second kappa shape index (κ2) is 6.37. The molecule has 2 unspecified atom stereocenters. The summed E-state index contributed by atoms with van der Waals surface area (Å²) < 4.78 is 0. The van der Waals surface area contributed by atoms with Crippen molar-refractivity contribution in [1.29, 1.82) is 0 Å². The minimum atomic E-state index is -0.247. The van der Waals surface area contributed by atoms with Gasteiger partial charge in [-0.05, 0) is 24.0 Å². The minimum Gasteiger partial charge on any atom is -0.368 e. The van der Waals surface area contributed by atoms with Crippen LogP contribution < -0.4 is 11.1 Å². The Morgan fingerprint density at radius 3 is 2.40 bits per heavy atom. The minimum absolute atomic E-state index is 0.204. The zero-order valence-electron chi connectivity index (χ0n) is 12.6. The average Bonchev–Trinajstić information content (AvgIpc) is 2.46. The molecule has 1 fully saturated rings. The molecule has 20 heavy (non-hydrogen) atoms. The van der Waals surface area contributed by atoms with Crippen molar-refractivity contribution in [1.82, 2.24) is 10.2 Å². The van der Waals surface area contributed by atoms with Crippen molar-refractivity contribution in [2.75, 3.05) is 19.6 Å². The van der Waals surface area contributed by atoms with E-state index >= 15 is 0 Å². The number of carbonyl (C=O) groups is 1. The summed E-state index contributed by atoms with van der Waals surface area (Å²) in [6.45, 7) is 8.92. The molecule has 110 valence electrons. The second-order valence-corrected chi connectivity index (χ2v) is 5.86. The van der Waals surface area contributed by atoms with Gasteiger partial charge in [0, 0.05) is 25.7 Å². The van der Waals surface area contributed by atoms with Crippen LogP contribution >= 0.6 is 0 Å². The summed E-state index contributed by atoms with van der Waals surface area (Å²) in [5, 5.41) is 3.23. The van der Waals surface area contributed by atoms with Crippen molar-refractivity contribution in [3.8, 4) is 0 Å². The lowest BCUT2D eigenvalue weighted by atomic mass is 9.98. The van der Waals surface area contributed by atoms with Crippen molar-refractivity contribution in [2.45, 2.75) is 38.8 Å². The molecule has 0 aromatic heterocycles. The van der Waals surface area contributed by atoms with E-state index in [-0.39, 0.29) is 18.0 Å². The number of rotatable bonds is 4. The van der Waals surface area contributed by atoms with Gasteiger partial charge in [0.15, 0.2) is 0 Å². The molecule has 1 amide bonds. The highest BCUT2D eigenvalue weighted by molar-refractivity contribution is 5.80. The largest absolute Gasteiger partial charge is 0.368 e. The predicted octanol–water partition coefficient (Wildman–Crippen LogP) is 1.63. The first-order valence-corrected chi connectivity index (χ1v) is 7.36. The summed E-state index contributed by atoms with van der Waals surface area (Å²) >= 11 is 0. The Balaban J connectivity index is 2.16. The molecule has 4 nitrogen and oxygen atoms in total. The molecule has 1 heterocycles. The SMILES string of the molecule is CC(C)c1ccc(C(C)N2CCNCC2C(N)=O)cc1. The number of benzene rings is 1. The van der Waals surface area contributed by atoms with Crippen LogP contribution in [0.15, 0.2) is 24.3 Å². The number of nitrogens with two attached hydrogens (primary N) is 1. The van der Waals surface area contributed by atoms with Crippen molar-refractivity contribution < 1.29 is 4.79 Å². The van der Waals surface area contributed by atoms with E-state index in [4.69, 9.17) is 5.73 Å². The lowest BCUT2D eigenvalue weighted by Crippen LogP contribution is -2.57. The molecule has 4 heteroatoms. The van der Waals surface area contributed by atoms with Crippen LogP contribution in [-0.4, -0.2) is 36.5 Å². The summed E-state index contributed by atoms with van der Waals surface area (Å²) in [5.74, 6) is 0.291. The van der Waals surface area contributed by atoms with Crippen molar-refractivity contribution >= 4 is 5.91 Å². The zero-order valence-corrected chi connectivity index (χ0v) is 12.6. The summed E-state index contributed by atoms with van der Waals surface area (Å²) in [7, 11) is 0. The van der Waals surface area contributed by atoms with Crippen molar-refractivity contribution in [2.24, 2.45) is 5.73 Å². The second-order valence-electron chi connectivity index (χ2n) is 5.86. The van der Waals surface area contributed by atoms with Crippen LogP contribution in [0.5, 0.6) is 0 Å². The lowest BCUT2D eigenvalue weighted by molar-refractivity contribution is -0.124. The summed E-state index contributed by atoms with van der Waals surface area (Å²) in [5.41, 5.74) is 8.10. The predicted molar refractivity (Wildman–Crippen MR) is 81.5 cm³/mol. The van der Waals surface area contributed by atoms with E-state index in [0.29, 0.717) is 12.5 Å². The summed E-state index contributed by atoms with van der Waals surface area (Å²) in [4.78, 5) is 13.8. The Labute approximate surface area is 121 Å². The average molecular weight is 275 g/mol. The number of hydrogen-bond donors (Lipinski definition) is 2. The molecule has 2 rings (SSSR count). The van der Waals surface area contributed by atoms with Crippen LogP contribution in [0.2, 0.25) is 0 Å². The monoisotopic (exact) mass is 275 g/mol. The number of nitrogens with zero attached hydrogens (tertiary/aromatic N) is 1. The number of hydrogen-bond acceptors (Lipinski definition) is 3. The maximum Gasteiger partial charge on any atom is 0.236 e. The molecule has 1 saturated heterocycles. The normalized spacial score (nSPS) is 21.9. The van der Waals surface area contributed by atoms with E-state index < -0.39 is 0 Å². The molecule has 2 atom stereocenters. The van der Waals surface area contributed by atoms with Gasteiger partial charge in [0.25, 0.3) is 0 Å². The Hall–Kier alpha value is -1.39. The third-order valence-electron chi connectivity index (χ3n) is 4.20. The number of nitrogens with one attached hydrogen (secondary N) is 1. The Morgan fingerprint density at radius 1 is 1.25 bits per heavy atom. The highest BCUT2D eigenvalue weighted by Gasteiger charge is 2.30. The fourth-order valence-corrected chi connectivity index (χ4v) is 2.80. The van der Waals surface area contributed by atoms with E-state index in [1.165, 1.54) is 11.1 Å². The van der Waals surface area contributed by atoms with Gasteiger partial charge in [-0.1, -0.05) is 38.1 Å². The van der Waals surface area contributed by atoms with Crippen LogP contribution in [0, 0.1) is 0 Å². The fraction of sp³-hybridized carbons (Fsp3) is 0.562. The maximum atomic E-state index is 11.6. The van der Waals surface area contributed by atoms with E-state index in [2.05, 4.69) is 55.3 Å². The van der Waals surface area contributed by atoms with Crippen LogP contribution in [0.4, 0.5) is 0 Å². The third-order valence-corrected chi connectivity index (χ3v) is 4.20. The number of primary amides is 1. The molecule has 3 N–H and O–H groups in total. The standard InChI is InChI=1S/C16H25N3O/c1-11(2)13-4-6-14(7-5-13)12(3)19-9-8-18-10-15(19)16(17)20/h4-7,11-12,15,18H,8-10H2,1-3H3,(H2,17,20). The van der Waals surface area contributed by atoms with Gasteiger partial charge in [0.05, 0.1) is 0 Å². The Kier molecular flexibility index (Phi) is 4.78. The smallest absolute Gasteiger partial charge is 0.236 e. The van der Waals surface area contributed by atoms with Crippen molar-refractivity contribution in [3.05, 3.63) is 35.4 Å². The van der Waals surface area contributed by atoms with Gasteiger partial charge in [-0.25, -0.2) is 0 Å². The molecule has 0 bridgehead atoms. The molecule has 0 saturated carbocycles. The Morgan fingerprint density at radius 2 is 1.85 bits per heavy atom. The lowest BCUT2D eigenvalue weighted by Gasteiger charge is -2.38. The number of piperazine rings is 1. The summed E-state index contributed by atoms with van der Waals surface area (Å²) in [6, 6.07) is 8.68. The van der Waals surface area contributed by atoms with Crippen LogP contribution in [0.1, 0.15) is 43.9 Å². The topological polar surface area (TPSA) is 58.4 Å². The highest BCUT2D eigenvalue weighted by Crippen LogP contribution is 2.25. The highest BCUT2D eigenvalue weighted by atomic mass is 16.1. The van der Waals surface area contributed by atoms with Gasteiger partial charge in [-0.15, -0.1) is 0 Å². The third kappa shape index (κ3) is 3.19. The fourth-order valence-electron chi connectivity index (χ4n) is 2.80. The van der Waals surface area contributed by atoms with Gasteiger partial charge < -0.3 is 11.1 Å². The van der Waals surface area contributed by atoms with E-state index in [1.54, 1.807) is 0 Å². The van der Waals surface area contributed by atoms with Crippen LogP contribution in [0.3, 0.4) is 0 Å². The molecule has 1 aromatic carbocycles. The van der Waals surface area contributed by atoms with E-state index in [9.17, 15) is 4.79 Å². The first-order valence-electron chi connectivity index (χ1n) is 7.36. The maximum absolute atomic E-state index is 11.6. The molecule has 0 radical (unpaired) electrons. The van der Waals surface area contributed by atoms with Gasteiger partial charge in [0.2, 0.25) is 5.91 Å². The Bertz CT molecular complexity index is 455. The molecule has 0 aliphatic carbocycles. The number of carbonyl (C=O) groups excluding carboxylic acids is 1. The van der Waals surface area contributed by atoms with Gasteiger partial charge in [0.1, 0.15) is 6.04 Å². The number of amides is 1.